The number of ether oxygens (including phenoxy) is 1. The Kier molecular flexibility index (Phi) is 9.93. The summed E-state index contributed by atoms with van der Waals surface area (Å²) in [7, 11) is 0. The van der Waals surface area contributed by atoms with Crippen molar-refractivity contribution in [2.75, 3.05) is 23.0 Å². The average molecular weight is 558 g/mol. The van der Waals surface area contributed by atoms with Gasteiger partial charge in [-0.25, -0.2) is 0 Å². The molecular formula is C30H27N3O4S2. The first kappa shape index (κ1) is 27.7. The number of thioether (sulfide) groups is 1. The lowest BCUT2D eigenvalue weighted by Crippen LogP contribution is -2.30. The topological polar surface area (TPSA) is 96.5 Å². The van der Waals surface area contributed by atoms with Crippen molar-refractivity contribution in [2.24, 2.45) is 0 Å². The van der Waals surface area contributed by atoms with Crippen molar-refractivity contribution in [3.05, 3.63) is 113 Å². The van der Waals surface area contributed by atoms with Crippen LogP contribution in [0.1, 0.15) is 22.2 Å². The van der Waals surface area contributed by atoms with Crippen LogP contribution in [0.2, 0.25) is 0 Å². The van der Waals surface area contributed by atoms with Crippen LogP contribution in [-0.2, 0) is 9.59 Å². The van der Waals surface area contributed by atoms with Gasteiger partial charge in [0, 0.05) is 21.0 Å². The molecule has 0 radical (unpaired) electrons. The van der Waals surface area contributed by atoms with Gasteiger partial charge in [0.25, 0.3) is 11.8 Å². The molecule has 3 amide bonds. The van der Waals surface area contributed by atoms with Crippen molar-refractivity contribution in [2.45, 2.75) is 11.8 Å². The van der Waals surface area contributed by atoms with E-state index in [1.807, 2.05) is 60.8 Å². The highest BCUT2D eigenvalue weighted by molar-refractivity contribution is 8.00. The summed E-state index contributed by atoms with van der Waals surface area (Å²) in [5.74, 6) is -0.124. The number of amides is 3. The number of hydrogen-bond acceptors (Lipinski definition) is 6. The summed E-state index contributed by atoms with van der Waals surface area (Å²) < 4.78 is 5.55. The lowest BCUT2D eigenvalue weighted by molar-refractivity contribution is -0.114. The molecule has 198 valence electrons. The fourth-order valence-corrected chi connectivity index (χ4v) is 4.83. The number of para-hydroxylation sites is 2. The minimum Gasteiger partial charge on any atom is -0.492 e. The van der Waals surface area contributed by atoms with Crippen molar-refractivity contribution >= 4 is 58.3 Å². The van der Waals surface area contributed by atoms with E-state index in [4.69, 9.17) is 4.74 Å². The molecule has 0 aliphatic heterocycles. The highest BCUT2D eigenvalue weighted by Crippen LogP contribution is 2.25. The Morgan fingerprint density at radius 3 is 2.33 bits per heavy atom. The van der Waals surface area contributed by atoms with Crippen LogP contribution in [0.4, 0.5) is 11.4 Å². The zero-order valence-corrected chi connectivity index (χ0v) is 22.8. The summed E-state index contributed by atoms with van der Waals surface area (Å²) in [6.45, 7) is 2.40. The van der Waals surface area contributed by atoms with E-state index >= 15 is 0 Å². The van der Waals surface area contributed by atoms with Crippen molar-refractivity contribution < 1.29 is 19.1 Å². The molecule has 4 rings (SSSR count). The summed E-state index contributed by atoms with van der Waals surface area (Å²) >= 11 is 2.84. The molecule has 0 unspecified atom stereocenters. The molecule has 0 saturated heterocycles. The third kappa shape index (κ3) is 8.33. The molecule has 1 aromatic heterocycles. The predicted octanol–water partition coefficient (Wildman–Crippen LogP) is 6.29. The lowest BCUT2D eigenvalue weighted by atomic mass is 10.2. The monoisotopic (exact) mass is 557 g/mol. The summed E-state index contributed by atoms with van der Waals surface area (Å²) in [5.41, 5.74) is 1.78. The van der Waals surface area contributed by atoms with Gasteiger partial charge in [-0.2, -0.15) is 0 Å². The van der Waals surface area contributed by atoms with Crippen LogP contribution in [0.25, 0.3) is 6.08 Å². The quantitative estimate of drug-likeness (QED) is 0.149. The van der Waals surface area contributed by atoms with Crippen LogP contribution in [0.5, 0.6) is 5.75 Å². The third-order valence-electron chi connectivity index (χ3n) is 5.30. The summed E-state index contributed by atoms with van der Waals surface area (Å²) in [4.78, 5) is 40.0. The van der Waals surface area contributed by atoms with E-state index in [2.05, 4.69) is 16.0 Å². The normalized spacial score (nSPS) is 10.9. The summed E-state index contributed by atoms with van der Waals surface area (Å²) in [6, 6.07) is 26.9. The Balaban J connectivity index is 1.36. The van der Waals surface area contributed by atoms with Gasteiger partial charge < -0.3 is 20.7 Å². The molecule has 9 heteroatoms. The van der Waals surface area contributed by atoms with Crippen molar-refractivity contribution in [3.8, 4) is 5.75 Å². The minimum absolute atomic E-state index is 0.133. The first-order valence-electron chi connectivity index (χ1n) is 12.2. The van der Waals surface area contributed by atoms with Gasteiger partial charge in [-0.1, -0.05) is 36.4 Å². The number of hydrogen-bond donors (Lipinski definition) is 3. The second-order valence-electron chi connectivity index (χ2n) is 8.14. The van der Waals surface area contributed by atoms with Crippen LogP contribution in [0, 0.1) is 0 Å². The van der Waals surface area contributed by atoms with Crippen LogP contribution in [0.15, 0.2) is 107 Å². The zero-order valence-electron chi connectivity index (χ0n) is 21.2. The van der Waals surface area contributed by atoms with E-state index in [0.29, 0.717) is 29.3 Å². The van der Waals surface area contributed by atoms with Gasteiger partial charge in [0.05, 0.1) is 18.0 Å². The van der Waals surface area contributed by atoms with Crippen LogP contribution >= 0.6 is 23.1 Å². The van der Waals surface area contributed by atoms with E-state index in [1.165, 1.54) is 23.1 Å². The SMILES string of the molecule is CCOc1ccccc1NC(=O)CSc1ccc(NC(=O)/C(=C/c2cccs2)NC(=O)c2ccccc2)cc1. The van der Waals surface area contributed by atoms with Gasteiger partial charge in [0.2, 0.25) is 5.91 Å². The largest absolute Gasteiger partial charge is 0.492 e. The lowest BCUT2D eigenvalue weighted by Gasteiger charge is -2.12. The number of carbonyl (C=O) groups is 3. The summed E-state index contributed by atoms with van der Waals surface area (Å²) in [6.07, 6.45) is 1.65. The second kappa shape index (κ2) is 14.0. The molecule has 1 heterocycles. The highest BCUT2D eigenvalue weighted by atomic mass is 32.2. The maximum Gasteiger partial charge on any atom is 0.272 e. The smallest absolute Gasteiger partial charge is 0.272 e. The molecule has 7 nitrogen and oxygen atoms in total. The van der Waals surface area contributed by atoms with Gasteiger partial charge in [-0.05, 0) is 73.0 Å². The number of nitrogens with one attached hydrogen (secondary N) is 3. The molecule has 0 atom stereocenters. The molecule has 0 saturated carbocycles. The fourth-order valence-electron chi connectivity index (χ4n) is 3.48. The molecule has 3 aromatic carbocycles. The number of anilines is 2. The molecule has 3 N–H and O–H groups in total. The molecule has 0 bridgehead atoms. The predicted molar refractivity (Wildman–Crippen MR) is 158 cm³/mol. The van der Waals surface area contributed by atoms with Crippen LogP contribution in [-0.4, -0.2) is 30.1 Å². The molecule has 0 spiro atoms. The average Bonchev–Trinajstić information content (AvgIpc) is 3.47. The van der Waals surface area contributed by atoms with Gasteiger partial charge in [0.15, 0.2) is 0 Å². The standard InChI is InChI=1S/C30H27N3O4S2/c1-2-37-27-13-7-6-12-25(27)32-28(34)20-39-23-16-14-22(15-17-23)31-30(36)26(19-24-11-8-18-38-24)33-29(35)21-9-4-3-5-10-21/h3-19H,2,20H2,1H3,(H,31,36)(H,32,34)(H,33,35)/b26-19-. The minimum atomic E-state index is -0.444. The molecule has 0 aliphatic carbocycles. The fraction of sp³-hybridized carbons (Fsp3) is 0.100. The Hall–Kier alpha value is -4.34. The number of benzene rings is 3. The van der Waals surface area contributed by atoms with Gasteiger partial charge in [-0.3, -0.25) is 14.4 Å². The van der Waals surface area contributed by atoms with E-state index in [9.17, 15) is 14.4 Å². The van der Waals surface area contributed by atoms with E-state index in [-0.39, 0.29) is 23.3 Å². The van der Waals surface area contributed by atoms with E-state index in [0.717, 1.165) is 9.77 Å². The number of rotatable bonds is 11. The molecular weight excluding hydrogens is 530 g/mol. The van der Waals surface area contributed by atoms with Gasteiger partial charge in [0.1, 0.15) is 11.4 Å². The first-order chi connectivity index (χ1) is 19.0. The zero-order chi connectivity index (χ0) is 27.5. The van der Waals surface area contributed by atoms with Crippen molar-refractivity contribution in [3.63, 3.8) is 0 Å². The molecule has 39 heavy (non-hydrogen) atoms. The van der Waals surface area contributed by atoms with Crippen LogP contribution < -0.4 is 20.7 Å². The number of thiophene rings is 1. The van der Waals surface area contributed by atoms with E-state index in [1.54, 1.807) is 48.5 Å². The Labute approximate surface area is 235 Å². The Morgan fingerprint density at radius 1 is 0.872 bits per heavy atom. The Bertz CT molecular complexity index is 1440. The molecule has 0 aliphatic rings. The Morgan fingerprint density at radius 2 is 1.62 bits per heavy atom. The molecule has 0 fully saturated rings. The second-order valence-corrected chi connectivity index (χ2v) is 10.2. The number of carbonyl (C=O) groups excluding carboxylic acids is 3. The molecule has 4 aromatic rings. The summed E-state index contributed by atoms with van der Waals surface area (Å²) in [5, 5.41) is 10.3. The van der Waals surface area contributed by atoms with Crippen LogP contribution in [0.3, 0.4) is 0 Å². The van der Waals surface area contributed by atoms with Crippen molar-refractivity contribution in [1.82, 2.24) is 5.32 Å². The van der Waals surface area contributed by atoms with E-state index < -0.39 is 5.91 Å². The third-order valence-corrected chi connectivity index (χ3v) is 7.13. The van der Waals surface area contributed by atoms with Gasteiger partial charge >= 0.3 is 0 Å². The maximum absolute atomic E-state index is 13.1. The highest BCUT2D eigenvalue weighted by Gasteiger charge is 2.15. The van der Waals surface area contributed by atoms with Gasteiger partial charge in [-0.15, -0.1) is 23.1 Å². The van der Waals surface area contributed by atoms with Crippen molar-refractivity contribution in [1.29, 1.82) is 0 Å². The first-order valence-corrected chi connectivity index (χ1v) is 14.1. The maximum atomic E-state index is 13.1.